The molecule has 3 aliphatic heterocycles. The number of carboxylic acid groups (broad SMARTS) is 1. The standard InChI is InChI=1S/C35H45FN4O2/c1-2-33-37-31-11-4-5-12-32(31)40(33)29-18-27-13-14-28(19-29)39(27)21-25-20-38(22-30(25)24-9-8-10-26(36)17-24)23-35(34(41)42)15-6-3-7-16-35/h4-5,8-12,17,25,27-30H,2-3,6-7,13-16,18-23H2,1H3,(H,41,42)/t25-,27?,28?,29?,30-/m1/s1. The molecule has 42 heavy (non-hydrogen) atoms. The van der Waals surface area contributed by atoms with E-state index in [4.69, 9.17) is 4.98 Å². The van der Waals surface area contributed by atoms with Crippen LogP contribution in [0.15, 0.2) is 48.5 Å². The number of benzene rings is 2. The van der Waals surface area contributed by atoms with Crippen molar-refractivity contribution in [2.24, 2.45) is 11.3 Å². The van der Waals surface area contributed by atoms with Gasteiger partial charge in [0.1, 0.15) is 11.6 Å². The van der Waals surface area contributed by atoms with Crippen molar-refractivity contribution in [3.63, 3.8) is 0 Å². The predicted octanol–water partition coefficient (Wildman–Crippen LogP) is 6.66. The van der Waals surface area contributed by atoms with Gasteiger partial charge >= 0.3 is 5.97 Å². The number of carbonyl (C=O) groups is 1. The zero-order valence-corrected chi connectivity index (χ0v) is 24.9. The minimum absolute atomic E-state index is 0.181. The maximum Gasteiger partial charge on any atom is 0.310 e. The normalized spacial score (nSPS) is 29.8. The van der Waals surface area contributed by atoms with E-state index >= 15 is 0 Å². The van der Waals surface area contributed by atoms with Gasteiger partial charge in [-0.25, -0.2) is 9.37 Å². The Morgan fingerprint density at radius 2 is 1.76 bits per heavy atom. The zero-order valence-electron chi connectivity index (χ0n) is 24.9. The molecule has 0 spiro atoms. The molecule has 2 unspecified atom stereocenters. The molecule has 1 aromatic heterocycles. The summed E-state index contributed by atoms with van der Waals surface area (Å²) in [7, 11) is 0. The van der Waals surface area contributed by atoms with Gasteiger partial charge in [0.25, 0.3) is 0 Å². The molecule has 3 saturated heterocycles. The molecule has 4 aliphatic rings. The molecule has 0 amide bonds. The third-order valence-corrected chi connectivity index (χ3v) is 11.2. The molecule has 2 aromatic carbocycles. The molecule has 2 bridgehead atoms. The third kappa shape index (κ3) is 5.06. The van der Waals surface area contributed by atoms with E-state index in [1.807, 2.05) is 6.07 Å². The molecule has 7 heteroatoms. The van der Waals surface area contributed by atoms with Crippen LogP contribution in [-0.4, -0.2) is 68.7 Å². The molecular formula is C35H45FN4O2. The van der Waals surface area contributed by atoms with Crippen LogP contribution in [0.2, 0.25) is 0 Å². The SMILES string of the molecule is CCc1nc2ccccc2n1C1CC2CCC(C1)N2C[C@H]1CN(CC2(C(=O)O)CCCCC2)C[C@@H]1c1cccc(F)c1. The highest BCUT2D eigenvalue weighted by Crippen LogP contribution is 2.46. The fourth-order valence-corrected chi connectivity index (χ4v) is 9.26. The van der Waals surface area contributed by atoms with Crippen molar-refractivity contribution in [2.45, 2.75) is 95.2 Å². The van der Waals surface area contributed by atoms with Crippen LogP contribution in [0.5, 0.6) is 0 Å². The van der Waals surface area contributed by atoms with Gasteiger partial charge in [-0.1, -0.05) is 50.5 Å². The van der Waals surface area contributed by atoms with E-state index < -0.39 is 11.4 Å². The summed E-state index contributed by atoms with van der Waals surface area (Å²) in [5.74, 6) is 0.963. The maximum absolute atomic E-state index is 14.4. The lowest BCUT2D eigenvalue weighted by Crippen LogP contribution is -2.47. The lowest BCUT2D eigenvalue weighted by Gasteiger charge is -2.42. The highest BCUT2D eigenvalue weighted by atomic mass is 19.1. The number of carboxylic acids is 1. The average Bonchev–Trinajstić information content (AvgIpc) is 3.64. The lowest BCUT2D eigenvalue weighted by molar-refractivity contribution is -0.152. The van der Waals surface area contributed by atoms with Gasteiger partial charge in [-0.05, 0) is 74.3 Å². The van der Waals surface area contributed by atoms with Crippen molar-refractivity contribution >= 4 is 17.0 Å². The number of hydrogen-bond donors (Lipinski definition) is 1. The first-order chi connectivity index (χ1) is 20.4. The van der Waals surface area contributed by atoms with Gasteiger partial charge in [-0.2, -0.15) is 0 Å². The van der Waals surface area contributed by atoms with Crippen molar-refractivity contribution < 1.29 is 14.3 Å². The Hall–Kier alpha value is -2.77. The number of nitrogens with zero attached hydrogens (tertiary/aromatic N) is 4. The Balaban J connectivity index is 1.12. The Morgan fingerprint density at radius 1 is 1.00 bits per heavy atom. The number of rotatable bonds is 8. The highest BCUT2D eigenvalue weighted by molar-refractivity contribution is 5.76. The quantitative estimate of drug-likeness (QED) is 0.327. The first-order valence-corrected chi connectivity index (χ1v) is 16.4. The molecule has 7 rings (SSSR count). The minimum Gasteiger partial charge on any atom is -0.481 e. The summed E-state index contributed by atoms with van der Waals surface area (Å²) in [6.45, 7) is 5.54. The molecule has 224 valence electrons. The van der Waals surface area contributed by atoms with E-state index in [-0.39, 0.29) is 11.7 Å². The van der Waals surface area contributed by atoms with Gasteiger partial charge in [0.15, 0.2) is 0 Å². The van der Waals surface area contributed by atoms with Gasteiger partial charge in [0, 0.05) is 56.6 Å². The summed E-state index contributed by atoms with van der Waals surface area (Å²) >= 11 is 0. The van der Waals surface area contributed by atoms with Crippen LogP contribution in [0.1, 0.15) is 88.1 Å². The average molecular weight is 573 g/mol. The number of para-hydroxylation sites is 2. The van der Waals surface area contributed by atoms with Gasteiger partial charge in [-0.3, -0.25) is 9.69 Å². The van der Waals surface area contributed by atoms with Crippen LogP contribution >= 0.6 is 0 Å². The van der Waals surface area contributed by atoms with Crippen molar-refractivity contribution in [2.75, 3.05) is 26.2 Å². The fraction of sp³-hybridized carbons (Fsp3) is 0.600. The van der Waals surface area contributed by atoms with E-state index in [9.17, 15) is 14.3 Å². The molecular weight excluding hydrogens is 527 g/mol. The van der Waals surface area contributed by atoms with E-state index in [2.05, 4.69) is 51.6 Å². The van der Waals surface area contributed by atoms with Gasteiger partial charge in [-0.15, -0.1) is 0 Å². The van der Waals surface area contributed by atoms with Crippen LogP contribution in [0.4, 0.5) is 4.39 Å². The van der Waals surface area contributed by atoms with E-state index in [1.165, 1.54) is 30.2 Å². The van der Waals surface area contributed by atoms with Crippen molar-refractivity contribution in [1.82, 2.24) is 19.4 Å². The van der Waals surface area contributed by atoms with Crippen molar-refractivity contribution in [3.8, 4) is 0 Å². The molecule has 4 atom stereocenters. The zero-order chi connectivity index (χ0) is 28.8. The largest absolute Gasteiger partial charge is 0.481 e. The molecule has 4 fully saturated rings. The molecule has 1 N–H and O–H groups in total. The van der Waals surface area contributed by atoms with Gasteiger partial charge in [0.2, 0.25) is 0 Å². The van der Waals surface area contributed by atoms with Gasteiger partial charge < -0.3 is 14.6 Å². The molecule has 1 aliphatic carbocycles. The van der Waals surface area contributed by atoms with Crippen molar-refractivity contribution in [3.05, 3.63) is 65.7 Å². The van der Waals surface area contributed by atoms with Crippen LogP contribution in [0.25, 0.3) is 11.0 Å². The van der Waals surface area contributed by atoms with Crippen LogP contribution < -0.4 is 0 Å². The Morgan fingerprint density at radius 3 is 2.48 bits per heavy atom. The summed E-state index contributed by atoms with van der Waals surface area (Å²) in [6.07, 6.45) is 10.4. The van der Waals surface area contributed by atoms with E-state index in [0.29, 0.717) is 30.6 Å². The number of hydrogen-bond acceptors (Lipinski definition) is 4. The van der Waals surface area contributed by atoms with E-state index in [0.717, 1.165) is 82.1 Å². The number of piperidine rings is 1. The number of likely N-dealkylation sites (tertiary alicyclic amines) is 1. The Bertz CT molecular complexity index is 1420. The summed E-state index contributed by atoms with van der Waals surface area (Å²) in [5.41, 5.74) is 2.79. The number of aryl methyl sites for hydroxylation is 1. The minimum atomic E-state index is -0.637. The molecule has 4 heterocycles. The number of imidazole rings is 1. The summed E-state index contributed by atoms with van der Waals surface area (Å²) in [6, 6.07) is 17.3. The second kappa shape index (κ2) is 11.4. The first-order valence-electron chi connectivity index (χ1n) is 16.4. The molecule has 1 saturated carbocycles. The van der Waals surface area contributed by atoms with E-state index in [1.54, 1.807) is 6.07 Å². The second-order valence-electron chi connectivity index (χ2n) is 13.7. The monoisotopic (exact) mass is 572 g/mol. The molecule has 0 radical (unpaired) electrons. The van der Waals surface area contributed by atoms with Crippen LogP contribution in [-0.2, 0) is 11.2 Å². The van der Waals surface area contributed by atoms with Gasteiger partial charge in [0.05, 0.1) is 16.4 Å². The lowest BCUT2D eigenvalue weighted by atomic mass is 9.73. The number of aliphatic carboxylic acids is 1. The number of aromatic nitrogens is 2. The van der Waals surface area contributed by atoms with Crippen molar-refractivity contribution in [1.29, 1.82) is 0 Å². The summed E-state index contributed by atoms with van der Waals surface area (Å²) in [5, 5.41) is 10.3. The third-order valence-electron chi connectivity index (χ3n) is 11.2. The summed E-state index contributed by atoms with van der Waals surface area (Å²) < 4.78 is 17.0. The smallest absolute Gasteiger partial charge is 0.310 e. The second-order valence-corrected chi connectivity index (χ2v) is 13.7. The van der Waals surface area contributed by atoms with Crippen LogP contribution in [0, 0.1) is 17.2 Å². The number of fused-ring (bicyclic) bond motifs is 3. The predicted molar refractivity (Wildman–Crippen MR) is 163 cm³/mol. The molecule has 6 nitrogen and oxygen atoms in total. The topological polar surface area (TPSA) is 61.6 Å². The number of halogens is 1. The molecule has 3 aromatic rings. The summed E-state index contributed by atoms with van der Waals surface area (Å²) in [4.78, 5) is 22.7. The highest BCUT2D eigenvalue weighted by Gasteiger charge is 2.47. The fourth-order valence-electron chi connectivity index (χ4n) is 9.26. The van der Waals surface area contributed by atoms with Crippen LogP contribution in [0.3, 0.4) is 0 Å². The maximum atomic E-state index is 14.4. The Labute approximate surface area is 248 Å². The first kappa shape index (κ1) is 28.0. The Kier molecular flexibility index (Phi) is 7.60.